The van der Waals surface area contributed by atoms with E-state index in [0.717, 1.165) is 24.5 Å². The highest BCUT2D eigenvalue weighted by Gasteiger charge is 2.13. The van der Waals surface area contributed by atoms with Crippen molar-refractivity contribution < 1.29 is 9.53 Å². The van der Waals surface area contributed by atoms with Gasteiger partial charge in [0.1, 0.15) is 5.69 Å². The van der Waals surface area contributed by atoms with E-state index < -0.39 is 5.91 Å². The van der Waals surface area contributed by atoms with Gasteiger partial charge in [-0.25, -0.2) is 5.10 Å². The minimum atomic E-state index is -0.415. The fourth-order valence-electron chi connectivity index (χ4n) is 2.86. The zero-order chi connectivity index (χ0) is 19.3. The first-order valence-corrected chi connectivity index (χ1v) is 8.83. The highest BCUT2D eigenvalue weighted by Crippen LogP contribution is 2.22. The standard InChI is InChI=1S/C19H18N6O3/c26-18-7-5-16(22-24-18)19(27)20-14-3-1-2-13(12-14)15-4-6-17(23-21-15)25-8-10-28-11-9-25/h1-7,12H,8-11H2,(H,20,27)(H,24,26). The Labute approximate surface area is 160 Å². The van der Waals surface area contributed by atoms with Crippen molar-refractivity contribution in [2.75, 3.05) is 36.5 Å². The lowest BCUT2D eigenvalue weighted by Gasteiger charge is -2.27. The van der Waals surface area contributed by atoms with Crippen molar-refractivity contribution in [3.05, 3.63) is 64.6 Å². The van der Waals surface area contributed by atoms with Crippen molar-refractivity contribution in [2.24, 2.45) is 0 Å². The number of aromatic nitrogens is 4. The van der Waals surface area contributed by atoms with Crippen LogP contribution >= 0.6 is 0 Å². The molecule has 1 aliphatic rings. The van der Waals surface area contributed by atoms with Crippen LogP contribution in [0.5, 0.6) is 0 Å². The lowest BCUT2D eigenvalue weighted by molar-refractivity contribution is 0.102. The summed E-state index contributed by atoms with van der Waals surface area (Å²) >= 11 is 0. The molecule has 3 heterocycles. The van der Waals surface area contributed by atoms with Gasteiger partial charge in [0.2, 0.25) is 0 Å². The molecule has 4 rings (SSSR count). The quantitative estimate of drug-likeness (QED) is 0.704. The third kappa shape index (κ3) is 4.04. The van der Waals surface area contributed by atoms with Crippen molar-refractivity contribution in [3.8, 4) is 11.3 Å². The van der Waals surface area contributed by atoms with Crippen molar-refractivity contribution >= 4 is 17.4 Å². The van der Waals surface area contributed by atoms with Gasteiger partial charge in [-0.05, 0) is 30.3 Å². The fourth-order valence-corrected chi connectivity index (χ4v) is 2.86. The highest BCUT2D eigenvalue weighted by molar-refractivity contribution is 6.02. The minimum absolute atomic E-state index is 0.125. The van der Waals surface area contributed by atoms with Gasteiger partial charge >= 0.3 is 0 Å². The third-order valence-corrected chi connectivity index (χ3v) is 4.31. The number of carbonyl (C=O) groups is 1. The molecule has 1 aliphatic heterocycles. The molecule has 0 saturated carbocycles. The molecule has 0 radical (unpaired) electrons. The van der Waals surface area contributed by atoms with Gasteiger partial charge in [0.25, 0.3) is 11.5 Å². The predicted molar refractivity (Wildman–Crippen MR) is 103 cm³/mol. The van der Waals surface area contributed by atoms with Crippen LogP contribution in [0, 0.1) is 0 Å². The number of benzene rings is 1. The molecular weight excluding hydrogens is 360 g/mol. The summed E-state index contributed by atoms with van der Waals surface area (Å²) in [4.78, 5) is 25.4. The van der Waals surface area contributed by atoms with Crippen LogP contribution in [0.1, 0.15) is 10.5 Å². The van der Waals surface area contributed by atoms with Gasteiger partial charge in [0.15, 0.2) is 5.82 Å². The van der Waals surface area contributed by atoms with Crippen LogP contribution in [-0.4, -0.2) is 52.6 Å². The number of aromatic amines is 1. The summed E-state index contributed by atoms with van der Waals surface area (Å²) in [7, 11) is 0. The molecule has 1 amide bonds. The van der Waals surface area contributed by atoms with E-state index in [4.69, 9.17) is 4.74 Å². The summed E-state index contributed by atoms with van der Waals surface area (Å²) in [5.41, 5.74) is 1.88. The zero-order valence-electron chi connectivity index (χ0n) is 15.0. The Morgan fingerprint density at radius 1 is 1.07 bits per heavy atom. The normalized spacial score (nSPS) is 13.9. The van der Waals surface area contributed by atoms with Crippen LogP contribution in [-0.2, 0) is 4.74 Å². The van der Waals surface area contributed by atoms with E-state index in [0.29, 0.717) is 24.6 Å². The van der Waals surface area contributed by atoms with Gasteiger partial charge in [-0.3, -0.25) is 9.59 Å². The van der Waals surface area contributed by atoms with Gasteiger partial charge in [-0.15, -0.1) is 10.2 Å². The molecule has 9 heteroatoms. The number of hydrogen-bond acceptors (Lipinski definition) is 7. The molecule has 0 spiro atoms. The number of nitrogens with one attached hydrogen (secondary N) is 2. The van der Waals surface area contributed by atoms with E-state index in [1.807, 2.05) is 30.3 Å². The molecule has 28 heavy (non-hydrogen) atoms. The van der Waals surface area contributed by atoms with E-state index in [-0.39, 0.29) is 11.3 Å². The SMILES string of the molecule is O=C(Nc1cccc(-c2ccc(N3CCOCC3)nn2)c1)c1ccc(=O)[nH]n1. The minimum Gasteiger partial charge on any atom is -0.378 e. The van der Waals surface area contributed by atoms with Crippen molar-refractivity contribution in [1.29, 1.82) is 0 Å². The first-order valence-electron chi connectivity index (χ1n) is 8.83. The van der Waals surface area contributed by atoms with E-state index in [2.05, 4.69) is 30.6 Å². The van der Waals surface area contributed by atoms with Gasteiger partial charge in [-0.2, -0.15) is 5.10 Å². The summed E-state index contributed by atoms with van der Waals surface area (Å²) in [6.45, 7) is 2.98. The molecule has 0 atom stereocenters. The predicted octanol–water partition coefficient (Wildman–Crippen LogP) is 1.32. The van der Waals surface area contributed by atoms with Gasteiger partial charge < -0.3 is 15.0 Å². The Morgan fingerprint density at radius 2 is 1.93 bits per heavy atom. The molecule has 1 fully saturated rings. The van der Waals surface area contributed by atoms with Gasteiger partial charge in [0.05, 0.1) is 18.9 Å². The second kappa shape index (κ2) is 7.97. The summed E-state index contributed by atoms with van der Waals surface area (Å²) < 4.78 is 5.35. The molecule has 0 unspecified atom stereocenters. The molecule has 1 saturated heterocycles. The Bertz CT molecular complexity index is 1010. The lowest BCUT2D eigenvalue weighted by atomic mass is 10.1. The number of amides is 1. The molecule has 0 bridgehead atoms. The number of carbonyl (C=O) groups excluding carboxylic acids is 1. The molecular formula is C19H18N6O3. The molecule has 2 aromatic heterocycles. The summed E-state index contributed by atoms with van der Waals surface area (Å²) in [5, 5.41) is 17.3. The smallest absolute Gasteiger partial charge is 0.276 e. The number of anilines is 2. The first kappa shape index (κ1) is 17.8. The van der Waals surface area contributed by atoms with Crippen molar-refractivity contribution in [1.82, 2.24) is 20.4 Å². The Morgan fingerprint density at radius 3 is 2.64 bits per heavy atom. The van der Waals surface area contributed by atoms with Crippen LogP contribution in [0.15, 0.2) is 53.3 Å². The fraction of sp³-hybridized carbons (Fsp3) is 0.211. The highest BCUT2D eigenvalue weighted by atomic mass is 16.5. The molecule has 3 aromatic rings. The summed E-state index contributed by atoms with van der Waals surface area (Å²) in [6, 6.07) is 13.8. The van der Waals surface area contributed by atoms with Crippen LogP contribution in [0.25, 0.3) is 11.3 Å². The maximum Gasteiger partial charge on any atom is 0.276 e. The zero-order valence-corrected chi connectivity index (χ0v) is 15.0. The van der Waals surface area contributed by atoms with Crippen molar-refractivity contribution in [3.63, 3.8) is 0 Å². The van der Waals surface area contributed by atoms with E-state index in [1.165, 1.54) is 12.1 Å². The molecule has 2 N–H and O–H groups in total. The number of nitrogens with zero attached hydrogens (tertiary/aromatic N) is 4. The van der Waals surface area contributed by atoms with Crippen LogP contribution in [0.4, 0.5) is 11.5 Å². The van der Waals surface area contributed by atoms with Crippen molar-refractivity contribution in [2.45, 2.75) is 0 Å². The van der Waals surface area contributed by atoms with Gasteiger partial charge in [-0.1, -0.05) is 12.1 Å². The average molecular weight is 378 g/mol. The molecule has 9 nitrogen and oxygen atoms in total. The second-order valence-electron chi connectivity index (χ2n) is 6.22. The molecule has 0 aliphatic carbocycles. The monoisotopic (exact) mass is 378 g/mol. The summed E-state index contributed by atoms with van der Waals surface area (Å²) in [5.74, 6) is 0.405. The summed E-state index contributed by atoms with van der Waals surface area (Å²) in [6.07, 6.45) is 0. The number of H-pyrrole nitrogens is 1. The molecule has 1 aromatic carbocycles. The van der Waals surface area contributed by atoms with E-state index in [1.54, 1.807) is 6.07 Å². The Hall–Kier alpha value is -3.59. The van der Waals surface area contributed by atoms with Crippen LogP contribution < -0.4 is 15.8 Å². The van der Waals surface area contributed by atoms with E-state index in [9.17, 15) is 9.59 Å². The lowest BCUT2D eigenvalue weighted by Crippen LogP contribution is -2.36. The maximum absolute atomic E-state index is 12.3. The Balaban J connectivity index is 1.49. The van der Waals surface area contributed by atoms with Gasteiger partial charge in [0, 0.05) is 30.4 Å². The average Bonchev–Trinajstić information content (AvgIpc) is 2.75. The number of hydrogen-bond donors (Lipinski definition) is 2. The number of ether oxygens (including phenoxy) is 1. The topological polar surface area (TPSA) is 113 Å². The molecule has 142 valence electrons. The Kier molecular flexibility index (Phi) is 5.07. The van der Waals surface area contributed by atoms with E-state index >= 15 is 0 Å². The maximum atomic E-state index is 12.3. The number of morpholine rings is 1. The van der Waals surface area contributed by atoms with Crippen LogP contribution in [0.3, 0.4) is 0 Å². The number of rotatable bonds is 4. The largest absolute Gasteiger partial charge is 0.378 e. The van der Waals surface area contributed by atoms with Crippen LogP contribution in [0.2, 0.25) is 0 Å². The first-order chi connectivity index (χ1) is 13.7. The third-order valence-electron chi connectivity index (χ3n) is 4.31. The second-order valence-corrected chi connectivity index (χ2v) is 6.22.